The Balaban J connectivity index is 0.000000771. The van der Waals surface area contributed by atoms with Gasteiger partial charge in [0.1, 0.15) is 12.6 Å². The van der Waals surface area contributed by atoms with Crippen LogP contribution >= 0.6 is 11.9 Å². The molecule has 0 spiro atoms. The van der Waals surface area contributed by atoms with Crippen molar-refractivity contribution in [3.63, 3.8) is 0 Å². The van der Waals surface area contributed by atoms with Crippen molar-refractivity contribution < 1.29 is 4.79 Å². The summed E-state index contributed by atoms with van der Waals surface area (Å²) in [5.41, 5.74) is 10.2. The molecule has 5 rings (SSSR count). The highest BCUT2D eigenvalue weighted by Gasteiger charge is 2.22. The molecule has 7 heteroatoms. The van der Waals surface area contributed by atoms with Crippen LogP contribution in [0.5, 0.6) is 0 Å². The Kier molecular flexibility index (Phi) is 10.7. The highest BCUT2D eigenvalue weighted by molar-refractivity contribution is 8.01. The molecule has 0 radical (unpaired) electrons. The summed E-state index contributed by atoms with van der Waals surface area (Å²) in [7, 11) is 1.50. The second-order valence-corrected chi connectivity index (χ2v) is 9.46. The summed E-state index contributed by atoms with van der Waals surface area (Å²) < 4.78 is 2.48. The number of nitrogens with zero attached hydrogens (tertiary/aromatic N) is 3. The summed E-state index contributed by atoms with van der Waals surface area (Å²) in [5.74, 6) is 1.18. The molecule has 2 aromatic rings. The smallest absolute Gasteiger partial charge is 0.132 e. The van der Waals surface area contributed by atoms with Crippen molar-refractivity contribution in [3.05, 3.63) is 82.0 Å². The minimum absolute atomic E-state index is 0.928. The molecule has 2 saturated heterocycles. The summed E-state index contributed by atoms with van der Waals surface area (Å²) in [5, 5.41) is 3.62. The maximum absolute atomic E-state index is 8.00. The monoisotopic (exact) mass is 479 g/mol. The molecule has 34 heavy (non-hydrogen) atoms. The van der Waals surface area contributed by atoms with Crippen molar-refractivity contribution in [1.29, 1.82) is 0 Å². The molecule has 3 aliphatic heterocycles. The lowest BCUT2D eigenvalue weighted by atomic mass is 10.1. The topological polar surface area (TPSA) is 74.5 Å². The van der Waals surface area contributed by atoms with E-state index in [-0.39, 0.29) is 0 Å². The summed E-state index contributed by atoms with van der Waals surface area (Å²) in [6.07, 6.45) is 12.5. The molecule has 0 saturated carbocycles. The lowest BCUT2D eigenvalue weighted by molar-refractivity contribution is -0.0979. The number of anilines is 1. The first-order valence-electron chi connectivity index (χ1n) is 12.1. The quantitative estimate of drug-likeness (QED) is 0.594. The molecule has 0 amide bonds. The standard InChI is InChI=1S/C25H30N4S.CH5N.CH2O/c1-2-9-22-19-29(18-21(22)8-1)30-24(23-12-7-14-26-23)13-5-10-20-11-6-15-27-25(20)28-16-3-4-17-28;2*1-2/h1-2,5-6,8-9,11,13,15,26H,3-4,7,10,12,14,16-19H2;2H2,1H3;1H2/b13-5+,24-23+;;. The van der Waals surface area contributed by atoms with Gasteiger partial charge in [0.25, 0.3) is 0 Å². The Labute approximate surface area is 208 Å². The molecule has 0 unspecified atom stereocenters. The molecule has 4 heterocycles. The number of hydrogen-bond donors (Lipinski definition) is 2. The number of nitrogens with one attached hydrogen (secondary N) is 1. The van der Waals surface area contributed by atoms with Crippen LogP contribution in [0.4, 0.5) is 5.82 Å². The number of nitrogens with two attached hydrogens (primary N) is 1. The van der Waals surface area contributed by atoms with Crippen molar-refractivity contribution in [2.45, 2.75) is 45.2 Å². The van der Waals surface area contributed by atoms with Crippen LogP contribution in [0, 0.1) is 0 Å². The molecular weight excluding hydrogens is 442 g/mol. The fourth-order valence-electron chi connectivity index (χ4n) is 4.59. The fraction of sp³-hybridized carbons (Fsp3) is 0.407. The largest absolute Gasteiger partial charge is 0.387 e. The van der Waals surface area contributed by atoms with Crippen molar-refractivity contribution in [3.8, 4) is 0 Å². The van der Waals surface area contributed by atoms with E-state index in [1.165, 1.54) is 59.4 Å². The number of pyridine rings is 1. The molecule has 3 aliphatic rings. The predicted molar refractivity (Wildman–Crippen MR) is 143 cm³/mol. The van der Waals surface area contributed by atoms with Gasteiger partial charge in [-0.25, -0.2) is 9.29 Å². The lowest BCUT2D eigenvalue weighted by Crippen LogP contribution is -2.20. The van der Waals surface area contributed by atoms with E-state index in [0.29, 0.717) is 0 Å². The molecule has 182 valence electrons. The van der Waals surface area contributed by atoms with Gasteiger partial charge < -0.3 is 20.7 Å². The van der Waals surface area contributed by atoms with Crippen LogP contribution in [0.25, 0.3) is 0 Å². The van der Waals surface area contributed by atoms with Crippen molar-refractivity contribution in [1.82, 2.24) is 14.6 Å². The van der Waals surface area contributed by atoms with Crippen LogP contribution in [-0.4, -0.2) is 42.8 Å². The molecule has 6 nitrogen and oxygen atoms in total. The van der Waals surface area contributed by atoms with E-state index in [0.717, 1.165) is 45.6 Å². The van der Waals surface area contributed by atoms with Gasteiger partial charge in [0.2, 0.25) is 0 Å². The van der Waals surface area contributed by atoms with Gasteiger partial charge in [0.05, 0.1) is 0 Å². The van der Waals surface area contributed by atoms with Gasteiger partial charge in [-0.1, -0.05) is 36.4 Å². The summed E-state index contributed by atoms with van der Waals surface area (Å²) in [4.78, 5) is 16.5. The van der Waals surface area contributed by atoms with E-state index < -0.39 is 0 Å². The molecule has 1 aromatic carbocycles. The van der Waals surface area contributed by atoms with Gasteiger partial charge in [-0.15, -0.1) is 0 Å². The number of carbonyl (C=O) groups is 1. The normalized spacial score (nSPS) is 18.6. The van der Waals surface area contributed by atoms with Crippen molar-refractivity contribution in [2.75, 3.05) is 31.6 Å². The molecule has 0 aliphatic carbocycles. The first kappa shape index (κ1) is 26.0. The third-order valence-corrected chi connectivity index (χ3v) is 7.25. The Hall–Kier alpha value is -2.61. The first-order valence-corrected chi connectivity index (χ1v) is 12.8. The van der Waals surface area contributed by atoms with E-state index in [4.69, 9.17) is 9.78 Å². The van der Waals surface area contributed by atoms with Crippen molar-refractivity contribution >= 4 is 24.6 Å². The Morgan fingerprint density at radius 3 is 2.44 bits per heavy atom. The van der Waals surface area contributed by atoms with Crippen LogP contribution in [0.3, 0.4) is 0 Å². The maximum atomic E-state index is 8.00. The third-order valence-electron chi connectivity index (χ3n) is 6.16. The zero-order valence-electron chi connectivity index (χ0n) is 20.2. The summed E-state index contributed by atoms with van der Waals surface area (Å²) >= 11 is 1.91. The number of carbonyl (C=O) groups excluding carboxylic acids is 1. The fourth-order valence-corrected chi connectivity index (χ4v) is 5.72. The maximum Gasteiger partial charge on any atom is 0.132 e. The van der Waals surface area contributed by atoms with Crippen LogP contribution in [0.1, 0.15) is 42.4 Å². The minimum atomic E-state index is 0.928. The average Bonchev–Trinajstić information content (AvgIpc) is 3.68. The predicted octanol–water partition coefficient (Wildman–Crippen LogP) is 4.43. The Morgan fingerprint density at radius 1 is 1.09 bits per heavy atom. The third kappa shape index (κ3) is 6.72. The zero-order valence-corrected chi connectivity index (χ0v) is 21.0. The minimum Gasteiger partial charge on any atom is -0.387 e. The Morgan fingerprint density at radius 2 is 1.79 bits per heavy atom. The van der Waals surface area contributed by atoms with Gasteiger partial charge in [-0.05, 0) is 79.9 Å². The summed E-state index contributed by atoms with van der Waals surface area (Å²) in [6, 6.07) is 13.1. The highest BCUT2D eigenvalue weighted by atomic mass is 32.2. The van der Waals surface area contributed by atoms with E-state index in [1.54, 1.807) is 0 Å². The number of rotatable bonds is 6. The van der Waals surface area contributed by atoms with Gasteiger partial charge in [0.15, 0.2) is 0 Å². The number of fused-ring (bicyclic) bond motifs is 1. The van der Waals surface area contributed by atoms with Gasteiger partial charge in [-0.3, -0.25) is 0 Å². The van der Waals surface area contributed by atoms with Gasteiger partial charge >= 0.3 is 0 Å². The van der Waals surface area contributed by atoms with E-state index in [1.807, 2.05) is 24.9 Å². The van der Waals surface area contributed by atoms with E-state index in [2.05, 4.69) is 68.8 Å². The second-order valence-electron chi connectivity index (χ2n) is 8.32. The molecule has 2 fully saturated rings. The lowest BCUT2D eigenvalue weighted by Gasteiger charge is -2.19. The zero-order chi connectivity index (χ0) is 24.2. The number of allylic oxidation sites excluding steroid dienone is 3. The highest BCUT2D eigenvalue weighted by Crippen LogP contribution is 2.35. The summed E-state index contributed by atoms with van der Waals surface area (Å²) in [6.45, 7) is 7.41. The number of benzene rings is 1. The van der Waals surface area contributed by atoms with Crippen molar-refractivity contribution in [2.24, 2.45) is 5.73 Å². The van der Waals surface area contributed by atoms with Crippen LogP contribution in [0.15, 0.2) is 65.3 Å². The molecule has 0 atom stereocenters. The van der Waals surface area contributed by atoms with Gasteiger partial charge in [-0.2, -0.15) is 0 Å². The SMILES string of the molecule is C(=C\C(SN1Cc2ccccc2C1)=C1\CCCN1)/Cc1cccnc1N1CCCC1.C=O.CN. The first-order chi connectivity index (χ1) is 16.9. The average molecular weight is 480 g/mol. The second kappa shape index (κ2) is 13.9. The van der Waals surface area contributed by atoms with Crippen LogP contribution in [0.2, 0.25) is 0 Å². The molecule has 0 bridgehead atoms. The Bertz CT molecular complexity index is 938. The molecule has 3 N–H and O–H groups in total. The number of hydrogen-bond acceptors (Lipinski definition) is 7. The number of aromatic nitrogens is 1. The van der Waals surface area contributed by atoms with E-state index >= 15 is 0 Å². The van der Waals surface area contributed by atoms with E-state index in [9.17, 15) is 0 Å². The van der Waals surface area contributed by atoms with Crippen LogP contribution < -0.4 is 16.0 Å². The molecular formula is C27H37N5OS. The molecule has 1 aromatic heterocycles. The van der Waals surface area contributed by atoms with Crippen LogP contribution in [-0.2, 0) is 24.3 Å². The van der Waals surface area contributed by atoms with Gasteiger partial charge in [0, 0.05) is 49.5 Å².